The third-order valence-corrected chi connectivity index (χ3v) is 6.31. The Kier molecular flexibility index (Phi) is 8.10. The highest BCUT2D eigenvalue weighted by Gasteiger charge is 2.15. The molecule has 2 rings (SSSR count). The lowest BCUT2D eigenvalue weighted by Crippen LogP contribution is -2.36. The van der Waals surface area contributed by atoms with Crippen molar-refractivity contribution >= 4 is 27.1 Å². The van der Waals surface area contributed by atoms with E-state index >= 15 is 0 Å². The van der Waals surface area contributed by atoms with E-state index in [4.69, 9.17) is 11.6 Å². The van der Waals surface area contributed by atoms with Crippen molar-refractivity contribution in [3.05, 3.63) is 59.1 Å². The topological polar surface area (TPSA) is 52.7 Å². The fourth-order valence-electron chi connectivity index (χ4n) is 2.72. The SMILES string of the molecule is CNN(CCCc1ccc(Cl)cc1)c1ccc(S(=O)(=O)CCN(C)C)cc1. The number of halogens is 1. The molecule has 5 nitrogen and oxygen atoms in total. The van der Waals surface area contributed by atoms with E-state index < -0.39 is 9.84 Å². The van der Waals surface area contributed by atoms with Crippen LogP contribution in [0.25, 0.3) is 0 Å². The van der Waals surface area contributed by atoms with Gasteiger partial charge in [0.25, 0.3) is 0 Å². The largest absolute Gasteiger partial charge is 0.309 e. The summed E-state index contributed by atoms with van der Waals surface area (Å²) in [6.07, 6.45) is 1.91. The lowest BCUT2D eigenvalue weighted by Gasteiger charge is -2.23. The molecule has 2 aromatic carbocycles. The van der Waals surface area contributed by atoms with Crippen molar-refractivity contribution in [2.75, 3.05) is 45.0 Å². The van der Waals surface area contributed by atoms with E-state index in [1.807, 2.05) is 67.5 Å². The number of hydrogen-bond donors (Lipinski definition) is 1. The van der Waals surface area contributed by atoms with E-state index in [-0.39, 0.29) is 5.75 Å². The molecule has 0 aliphatic heterocycles. The summed E-state index contributed by atoms with van der Waals surface area (Å²) in [5.41, 5.74) is 5.36. The summed E-state index contributed by atoms with van der Waals surface area (Å²) in [6.45, 7) is 1.32. The maximum absolute atomic E-state index is 12.4. The first kappa shape index (κ1) is 21.7. The Labute approximate surface area is 167 Å². The van der Waals surface area contributed by atoms with Crippen LogP contribution in [-0.2, 0) is 16.3 Å². The quantitative estimate of drug-likeness (QED) is 0.610. The molecule has 148 valence electrons. The van der Waals surface area contributed by atoms with Crippen molar-refractivity contribution in [2.45, 2.75) is 17.7 Å². The Hall–Kier alpha value is -1.60. The maximum atomic E-state index is 12.4. The van der Waals surface area contributed by atoms with Gasteiger partial charge in [-0.25, -0.2) is 13.8 Å². The van der Waals surface area contributed by atoms with Crippen molar-refractivity contribution in [1.82, 2.24) is 10.3 Å². The molecule has 0 fully saturated rings. The van der Waals surface area contributed by atoms with E-state index in [1.165, 1.54) is 5.56 Å². The highest BCUT2D eigenvalue weighted by atomic mass is 35.5. The highest BCUT2D eigenvalue weighted by molar-refractivity contribution is 7.91. The monoisotopic (exact) mass is 409 g/mol. The minimum atomic E-state index is -3.25. The first-order chi connectivity index (χ1) is 12.8. The molecule has 27 heavy (non-hydrogen) atoms. The third-order valence-electron chi connectivity index (χ3n) is 4.35. The molecule has 0 unspecified atom stereocenters. The lowest BCUT2D eigenvalue weighted by atomic mass is 10.1. The Balaban J connectivity index is 1.95. The molecule has 0 aromatic heterocycles. The van der Waals surface area contributed by atoms with Crippen molar-refractivity contribution in [1.29, 1.82) is 0 Å². The second-order valence-corrected chi connectivity index (χ2v) is 9.27. The van der Waals surface area contributed by atoms with Crippen LogP contribution in [0.15, 0.2) is 53.4 Å². The highest BCUT2D eigenvalue weighted by Crippen LogP contribution is 2.19. The summed E-state index contributed by atoms with van der Waals surface area (Å²) >= 11 is 5.92. The number of hydrogen-bond acceptors (Lipinski definition) is 5. The second kappa shape index (κ2) is 10.1. The van der Waals surface area contributed by atoms with Gasteiger partial charge in [0.15, 0.2) is 9.84 Å². The zero-order valence-corrected chi connectivity index (χ0v) is 17.7. The third kappa shape index (κ3) is 6.81. The van der Waals surface area contributed by atoms with Crippen molar-refractivity contribution in [3.63, 3.8) is 0 Å². The Morgan fingerprint density at radius 1 is 0.963 bits per heavy atom. The predicted octanol–water partition coefficient (Wildman–Crippen LogP) is 3.25. The van der Waals surface area contributed by atoms with Crippen LogP contribution in [-0.4, -0.2) is 53.3 Å². The second-order valence-electron chi connectivity index (χ2n) is 6.72. The van der Waals surface area contributed by atoms with Crippen LogP contribution in [0, 0.1) is 0 Å². The summed E-state index contributed by atoms with van der Waals surface area (Å²) in [5.74, 6) is 0.121. The van der Waals surface area contributed by atoms with Gasteiger partial charge in [0.1, 0.15) is 0 Å². The summed E-state index contributed by atoms with van der Waals surface area (Å²) in [6, 6.07) is 15.0. The van der Waals surface area contributed by atoms with Crippen LogP contribution in [0.2, 0.25) is 5.02 Å². The number of sulfone groups is 1. The van der Waals surface area contributed by atoms with Crippen LogP contribution < -0.4 is 10.4 Å². The normalized spacial score (nSPS) is 11.7. The molecule has 0 saturated heterocycles. The van der Waals surface area contributed by atoms with Gasteiger partial charge in [-0.2, -0.15) is 0 Å². The van der Waals surface area contributed by atoms with Gasteiger partial charge in [-0.3, -0.25) is 0 Å². The van der Waals surface area contributed by atoms with Gasteiger partial charge in [-0.15, -0.1) is 0 Å². The molecular formula is C20H28ClN3O2S. The number of hydrazine groups is 1. The Bertz CT molecular complexity index is 806. The zero-order chi connectivity index (χ0) is 19.9. The minimum absolute atomic E-state index is 0.121. The van der Waals surface area contributed by atoms with E-state index in [2.05, 4.69) is 5.43 Å². The fraction of sp³-hybridized carbons (Fsp3) is 0.400. The smallest absolute Gasteiger partial charge is 0.179 e. The molecule has 0 radical (unpaired) electrons. The summed E-state index contributed by atoms with van der Waals surface area (Å²) in [7, 11) is 2.35. The van der Waals surface area contributed by atoms with Crippen LogP contribution in [0.4, 0.5) is 5.69 Å². The minimum Gasteiger partial charge on any atom is -0.309 e. The zero-order valence-electron chi connectivity index (χ0n) is 16.2. The number of benzene rings is 2. The van der Waals surface area contributed by atoms with E-state index in [9.17, 15) is 8.42 Å². The van der Waals surface area contributed by atoms with Crippen molar-refractivity contribution in [2.24, 2.45) is 0 Å². The van der Waals surface area contributed by atoms with Crippen LogP contribution in [0.5, 0.6) is 0 Å². The molecule has 2 aromatic rings. The number of aryl methyl sites for hydroxylation is 1. The molecule has 0 saturated carbocycles. The van der Waals surface area contributed by atoms with Gasteiger partial charge in [0, 0.05) is 25.2 Å². The van der Waals surface area contributed by atoms with Crippen molar-refractivity contribution < 1.29 is 8.42 Å². The van der Waals surface area contributed by atoms with Crippen LogP contribution >= 0.6 is 11.6 Å². The first-order valence-corrected chi connectivity index (χ1v) is 11.0. The Morgan fingerprint density at radius 2 is 1.59 bits per heavy atom. The van der Waals surface area contributed by atoms with E-state index in [1.54, 1.807) is 12.1 Å². The van der Waals surface area contributed by atoms with Crippen molar-refractivity contribution in [3.8, 4) is 0 Å². The summed E-state index contributed by atoms with van der Waals surface area (Å²) < 4.78 is 24.7. The summed E-state index contributed by atoms with van der Waals surface area (Å²) in [5, 5.41) is 2.77. The maximum Gasteiger partial charge on any atom is 0.179 e. The average Bonchev–Trinajstić information content (AvgIpc) is 2.65. The summed E-state index contributed by atoms with van der Waals surface area (Å²) in [4.78, 5) is 2.24. The molecule has 0 heterocycles. The molecule has 1 N–H and O–H groups in total. The van der Waals surface area contributed by atoms with Gasteiger partial charge in [-0.05, 0) is 68.9 Å². The van der Waals surface area contributed by atoms with Gasteiger partial charge < -0.3 is 9.91 Å². The van der Waals surface area contributed by atoms with E-state index in [0.29, 0.717) is 11.4 Å². The standard InChI is InChI=1S/C20H28ClN3O2S/c1-22-24(14-4-5-17-6-8-18(21)9-7-17)19-10-12-20(13-11-19)27(25,26)16-15-23(2)3/h6-13,22H,4-5,14-16H2,1-3H3. The number of nitrogens with zero attached hydrogens (tertiary/aromatic N) is 2. The fourth-order valence-corrected chi connectivity index (χ4v) is 4.23. The van der Waals surface area contributed by atoms with E-state index in [0.717, 1.165) is 30.1 Å². The van der Waals surface area contributed by atoms with Gasteiger partial charge in [0.2, 0.25) is 0 Å². The molecule has 0 atom stereocenters. The molecule has 7 heteroatoms. The van der Waals surface area contributed by atoms with Crippen LogP contribution in [0.1, 0.15) is 12.0 Å². The number of anilines is 1. The molecule has 0 amide bonds. The lowest BCUT2D eigenvalue weighted by molar-refractivity contribution is 0.432. The average molecular weight is 410 g/mol. The van der Waals surface area contributed by atoms with Gasteiger partial charge in [0.05, 0.1) is 16.3 Å². The van der Waals surface area contributed by atoms with Gasteiger partial charge >= 0.3 is 0 Å². The number of rotatable bonds is 10. The van der Waals surface area contributed by atoms with Gasteiger partial charge in [-0.1, -0.05) is 23.7 Å². The number of nitrogens with one attached hydrogen (secondary N) is 1. The Morgan fingerprint density at radius 3 is 2.15 bits per heavy atom. The molecule has 0 bridgehead atoms. The molecule has 0 aliphatic rings. The molecule has 0 spiro atoms. The molecular weight excluding hydrogens is 382 g/mol. The molecule has 0 aliphatic carbocycles. The first-order valence-electron chi connectivity index (χ1n) is 8.99. The predicted molar refractivity (Wildman–Crippen MR) is 113 cm³/mol. The van der Waals surface area contributed by atoms with Crippen LogP contribution in [0.3, 0.4) is 0 Å².